The molecule has 0 radical (unpaired) electrons. The fourth-order valence-electron chi connectivity index (χ4n) is 6.82. The number of aromatic hydroxyl groups is 1. The van der Waals surface area contributed by atoms with Crippen LogP contribution in [0.1, 0.15) is 102 Å². The maximum Gasteiger partial charge on any atom is 0.279 e. The van der Waals surface area contributed by atoms with Crippen molar-refractivity contribution in [3.63, 3.8) is 0 Å². The number of phenolic OH excluding ortho intramolecular Hbond substituents is 1. The van der Waals surface area contributed by atoms with Crippen LogP contribution in [0.2, 0.25) is 4.47 Å². The highest BCUT2D eigenvalue weighted by Gasteiger charge is 2.21. The van der Waals surface area contributed by atoms with Crippen molar-refractivity contribution in [2.45, 2.75) is 116 Å². The average molecular weight is 828 g/mol. The molecule has 6 aromatic rings. The van der Waals surface area contributed by atoms with E-state index in [0.29, 0.717) is 53.3 Å². The number of Topliss-reactive ketones (excluding diaryl/α,β-unsaturated/α-hetero) is 2. The van der Waals surface area contributed by atoms with Gasteiger partial charge in [-0.05, 0) is 124 Å². The molecule has 11 heteroatoms. The zero-order valence-corrected chi connectivity index (χ0v) is 35.1. The van der Waals surface area contributed by atoms with Gasteiger partial charge >= 0.3 is 0 Å². The summed E-state index contributed by atoms with van der Waals surface area (Å²) in [6.07, 6.45) is 13.4. The molecule has 2 fully saturated rings. The Morgan fingerprint density at radius 2 is 1.18 bits per heavy atom. The van der Waals surface area contributed by atoms with E-state index < -0.39 is 0 Å². The highest BCUT2D eigenvalue weighted by Crippen LogP contribution is 2.38. The van der Waals surface area contributed by atoms with Crippen molar-refractivity contribution in [1.29, 1.82) is 0 Å². The predicted octanol–water partition coefficient (Wildman–Crippen LogP) is 12.9. The second-order valence-electron chi connectivity index (χ2n) is 14.4. The van der Waals surface area contributed by atoms with Gasteiger partial charge in [0.2, 0.25) is 0 Å². The van der Waals surface area contributed by atoms with Gasteiger partial charge in [-0.15, -0.1) is 11.3 Å². The number of hydrogen-bond acceptors (Lipinski definition) is 10. The molecule has 1 N–H and O–H groups in total. The lowest BCUT2D eigenvalue weighted by atomic mass is 10.1. The Morgan fingerprint density at radius 1 is 0.667 bits per heavy atom. The van der Waals surface area contributed by atoms with Gasteiger partial charge in [-0.2, -0.15) is 0 Å². The van der Waals surface area contributed by atoms with Gasteiger partial charge in [0.05, 0.1) is 32.6 Å². The first kappa shape index (κ1) is 42.1. The molecular formula is C46H51ClN2O6S2. The zero-order valence-electron chi connectivity index (χ0n) is 32.7. The van der Waals surface area contributed by atoms with Crippen LogP contribution in [0, 0.1) is 0 Å². The predicted molar refractivity (Wildman–Crippen MR) is 232 cm³/mol. The van der Waals surface area contributed by atoms with Crippen LogP contribution < -0.4 is 14.2 Å². The summed E-state index contributed by atoms with van der Waals surface area (Å²) in [5.41, 5.74) is 4.08. The highest BCUT2D eigenvalue weighted by atomic mass is 35.5. The van der Waals surface area contributed by atoms with Crippen LogP contribution in [0.3, 0.4) is 0 Å². The van der Waals surface area contributed by atoms with E-state index in [-0.39, 0.29) is 29.5 Å². The maximum absolute atomic E-state index is 11.7. The molecule has 0 saturated heterocycles. The van der Waals surface area contributed by atoms with E-state index >= 15 is 0 Å². The first-order valence-corrected chi connectivity index (χ1v) is 22.1. The molecule has 4 aromatic carbocycles. The standard InChI is InChI=1S/C23H25NO3S.C16H22O3.C7H4ClNS/c1-2-17(25)13-11-16-12-14-20(21(15-16)26-18-7-3-4-8-18)27-23-24-19-9-5-6-10-22(19)28-23;1-2-13(17)9-7-12-8-10-15(18)16(11-12)19-14-5-3-4-6-14;8-7-9-5-3-1-2-4-6(5)10-7/h5-6,9-10,12,14-15,18H,2-4,7-8,11,13H2,1H3;8,10-11,14,18H,2-7,9H2,1H3;1-4H. The summed E-state index contributed by atoms with van der Waals surface area (Å²) in [6.45, 7) is 3.79. The zero-order chi connectivity index (χ0) is 40.0. The molecule has 2 aliphatic rings. The Bertz CT molecular complexity index is 2160. The van der Waals surface area contributed by atoms with Crippen molar-refractivity contribution in [2.75, 3.05) is 0 Å². The van der Waals surface area contributed by atoms with Crippen LogP contribution in [0.25, 0.3) is 20.4 Å². The number of ketones is 2. The third-order valence-electron chi connectivity index (χ3n) is 10.1. The summed E-state index contributed by atoms with van der Waals surface area (Å²) in [7, 11) is 0. The second-order valence-corrected chi connectivity index (χ2v) is 17.0. The van der Waals surface area contributed by atoms with Crippen LogP contribution in [0.5, 0.6) is 28.2 Å². The van der Waals surface area contributed by atoms with Crippen molar-refractivity contribution in [3.05, 3.63) is 101 Å². The SMILES string of the molecule is CCC(=O)CCc1ccc(O)c(OC2CCCC2)c1.CCC(=O)CCc1ccc(Oc2nc3ccccc3s2)c(OC2CCCC2)c1.Clc1nc2ccccc2s1. The third-order valence-corrected chi connectivity index (χ3v) is 12.2. The fraction of sp³-hybridized carbons (Fsp3) is 0.391. The molecule has 0 spiro atoms. The van der Waals surface area contributed by atoms with E-state index in [0.717, 1.165) is 69.4 Å². The van der Waals surface area contributed by atoms with Gasteiger partial charge in [-0.25, -0.2) is 9.97 Å². The second kappa shape index (κ2) is 21.3. The molecule has 2 heterocycles. The minimum absolute atomic E-state index is 0.192. The van der Waals surface area contributed by atoms with E-state index in [1.807, 2.05) is 92.7 Å². The van der Waals surface area contributed by atoms with E-state index in [1.165, 1.54) is 48.4 Å². The number of fused-ring (bicyclic) bond motifs is 2. The van der Waals surface area contributed by atoms with Gasteiger partial charge < -0.3 is 19.3 Å². The summed E-state index contributed by atoms with van der Waals surface area (Å²) in [5.74, 6) is 2.76. The van der Waals surface area contributed by atoms with Crippen LogP contribution in [0.15, 0.2) is 84.9 Å². The number of aryl methyl sites for hydroxylation is 2. The summed E-state index contributed by atoms with van der Waals surface area (Å²) in [4.78, 5) is 31.7. The molecular weight excluding hydrogens is 776 g/mol. The lowest BCUT2D eigenvalue weighted by Gasteiger charge is -2.17. The van der Waals surface area contributed by atoms with Gasteiger partial charge in [0.25, 0.3) is 5.19 Å². The number of aromatic nitrogens is 2. The largest absolute Gasteiger partial charge is 0.504 e. The first-order chi connectivity index (χ1) is 27.8. The minimum Gasteiger partial charge on any atom is -0.504 e. The number of carbonyl (C=O) groups is 2. The van der Waals surface area contributed by atoms with E-state index in [4.69, 9.17) is 25.8 Å². The Kier molecular flexibility index (Phi) is 15.7. The Hall–Kier alpha value is -4.51. The topological polar surface area (TPSA) is 108 Å². The number of halogens is 1. The highest BCUT2D eigenvalue weighted by molar-refractivity contribution is 7.22. The molecule has 0 atom stereocenters. The Labute approximate surface area is 348 Å². The number of ether oxygens (including phenoxy) is 3. The van der Waals surface area contributed by atoms with Crippen molar-refractivity contribution < 1.29 is 28.9 Å². The number of hydrogen-bond donors (Lipinski definition) is 1. The summed E-state index contributed by atoms with van der Waals surface area (Å²) >= 11 is 8.73. The van der Waals surface area contributed by atoms with Gasteiger partial charge in [0.1, 0.15) is 11.6 Å². The maximum atomic E-state index is 11.7. The Balaban J connectivity index is 0.000000162. The molecule has 0 bridgehead atoms. The Morgan fingerprint density at radius 3 is 1.74 bits per heavy atom. The fourth-order valence-corrected chi connectivity index (χ4v) is 8.68. The minimum atomic E-state index is 0.192. The van der Waals surface area contributed by atoms with E-state index in [9.17, 15) is 14.7 Å². The molecule has 2 aromatic heterocycles. The lowest BCUT2D eigenvalue weighted by Crippen LogP contribution is -2.11. The first-order valence-electron chi connectivity index (χ1n) is 20.1. The van der Waals surface area contributed by atoms with Gasteiger partial charge in [-0.3, -0.25) is 9.59 Å². The quantitative estimate of drug-likeness (QED) is 0.116. The number of benzene rings is 4. The number of phenols is 1. The number of rotatable bonds is 14. The van der Waals surface area contributed by atoms with Crippen molar-refractivity contribution >= 4 is 66.3 Å². The van der Waals surface area contributed by atoms with Crippen LogP contribution in [0.4, 0.5) is 0 Å². The smallest absolute Gasteiger partial charge is 0.279 e. The van der Waals surface area contributed by atoms with Gasteiger partial charge in [-0.1, -0.05) is 73.2 Å². The molecule has 0 unspecified atom stereocenters. The van der Waals surface area contributed by atoms with Crippen LogP contribution >= 0.6 is 34.3 Å². The molecule has 0 amide bonds. The molecule has 2 saturated carbocycles. The molecule has 0 aliphatic heterocycles. The van der Waals surface area contributed by atoms with Gasteiger partial charge in [0, 0.05) is 25.7 Å². The molecule has 57 heavy (non-hydrogen) atoms. The molecule has 2 aliphatic carbocycles. The third kappa shape index (κ3) is 12.7. The number of carbonyl (C=O) groups excluding carboxylic acids is 2. The monoisotopic (exact) mass is 826 g/mol. The van der Waals surface area contributed by atoms with E-state index in [2.05, 4.69) is 9.97 Å². The molecule has 8 rings (SSSR count). The van der Waals surface area contributed by atoms with Crippen LogP contribution in [-0.2, 0) is 22.4 Å². The van der Waals surface area contributed by atoms with Gasteiger partial charge in [0.15, 0.2) is 27.5 Å². The number of thiazole rings is 2. The molecule has 300 valence electrons. The van der Waals surface area contributed by atoms with Crippen molar-refractivity contribution in [1.82, 2.24) is 9.97 Å². The van der Waals surface area contributed by atoms with Crippen LogP contribution in [-0.4, -0.2) is 38.8 Å². The normalized spacial score (nSPS) is 14.2. The summed E-state index contributed by atoms with van der Waals surface area (Å²) < 4.78 is 21.1. The van der Waals surface area contributed by atoms with E-state index in [1.54, 1.807) is 6.07 Å². The average Bonchev–Trinajstić information content (AvgIpc) is 4.06. The summed E-state index contributed by atoms with van der Waals surface area (Å²) in [6, 6.07) is 27.3. The number of para-hydroxylation sites is 2. The summed E-state index contributed by atoms with van der Waals surface area (Å²) in [5, 5.41) is 10.4. The van der Waals surface area contributed by atoms with Crippen molar-refractivity contribution in [3.8, 4) is 28.2 Å². The lowest BCUT2D eigenvalue weighted by molar-refractivity contribution is -0.119. The van der Waals surface area contributed by atoms with Crippen molar-refractivity contribution in [2.24, 2.45) is 0 Å². The molecule has 8 nitrogen and oxygen atoms in total. The number of nitrogens with zero attached hydrogens (tertiary/aromatic N) is 2.